The summed E-state index contributed by atoms with van der Waals surface area (Å²) in [7, 11) is 0. The third-order valence-corrected chi connectivity index (χ3v) is 8.65. The molecule has 6 aromatic rings. The van der Waals surface area contributed by atoms with Crippen LogP contribution in [0.2, 0.25) is 10.0 Å². The van der Waals surface area contributed by atoms with Crippen LogP contribution in [0.5, 0.6) is 0 Å². The van der Waals surface area contributed by atoms with Crippen molar-refractivity contribution in [3.8, 4) is 22.6 Å². The molecule has 0 radical (unpaired) electrons. The highest BCUT2D eigenvalue weighted by atomic mass is 35.5. The molecule has 0 unspecified atom stereocenters. The van der Waals surface area contributed by atoms with E-state index in [0.717, 1.165) is 67.6 Å². The maximum Gasteiger partial charge on any atom is 0.135 e. The van der Waals surface area contributed by atoms with Crippen molar-refractivity contribution in [1.29, 1.82) is 0 Å². The van der Waals surface area contributed by atoms with Crippen LogP contribution in [-0.2, 0) is 5.41 Å². The fraction of sp³-hybridized carbons (Fsp3) is 0.179. The molecule has 0 saturated heterocycles. The van der Waals surface area contributed by atoms with Gasteiger partial charge in [-0.25, -0.2) is 0 Å². The summed E-state index contributed by atoms with van der Waals surface area (Å²) in [5.41, 5.74) is 8.63. The van der Waals surface area contributed by atoms with Crippen LogP contribution in [0.3, 0.4) is 0 Å². The minimum absolute atomic E-state index is 0.0177. The second-order valence-corrected chi connectivity index (χ2v) is 13.0. The maximum atomic E-state index is 6.97. The number of benzene rings is 4. The van der Waals surface area contributed by atoms with E-state index in [1.54, 1.807) is 0 Å². The zero-order valence-corrected chi connectivity index (χ0v) is 27.3. The minimum Gasteiger partial charge on any atom is -0.461 e. The summed E-state index contributed by atoms with van der Waals surface area (Å²) in [4.78, 5) is 2.16. The first-order valence-electron chi connectivity index (χ1n) is 14.8. The van der Waals surface area contributed by atoms with Crippen LogP contribution in [0.4, 0.5) is 17.1 Å². The van der Waals surface area contributed by atoms with Gasteiger partial charge in [-0.3, -0.25) is 0 Å². The molecule has 4 aromatic carbocycles. The van der Waals surface area contributed by atoms with Gasteiger partial charge in [0.2, 0.25) is 0 Å². The van der Waals surface area contributed by atoms with Crippen molar-refractivity contribution < 1.29 is 8.83 Å². The number of hydrogen-bond donors (Lipinski definition) is 0. The Bertz CT molecular complexity index is 1970. The van der Waals surface area contributed by atoms with Gasteiger partial charge in [0, 0.05) is 33.5 Å². The predicted octanol–water partition coefficient (Wildman–Crippen LogP) is 13.1. The van der Waals surface area contributed by atoms with Crippen molar-refractivity contribution in [1.82, 2.24) is 0 Å². The number of nitrogens with zero attached hydrogens (tertiary/aromatic N) is 1. The fourth-order valence-electron chi connectivity index (χ4n) is 5.54. The third-order valence-electron chi connectivity index (χ3n) is 7.86. The van der Waals surface area contributed by atoms with Crippen LogP contribution in [0, 0.1) is 13.8 Å². The molecular formula is C39H35Cl2NO2. The molecular weight excluding hydrogens is 585 g/mol. The van der Waals surface area contributed by atoms with Crippen molar-refractivity contribution in [2.75, 3.05) is 4.90 Å². The number of para-hydroxylation sites is 1. The molecule has 0 fully saturated rings. The van der Waals surface area contributed by atoms with Gasteiger partial charge >= 0.3 is 0 Å². The summed E-state index contributed by atoms with van der Waals surface area (Å²) in [5, 5.41) is 2.03. The van der Waals surface area contributed by atoms with Crippen LogP contribution in [-0.4, -0.2) is 0 Å². The van der Waals surface area contributed by atoms with Crippen LogP contribution in [0.15, 0.2) is 106 Å². The van der Waals surface area contributed by atoms with Gasteiger partial charge in [-0.1, -0.05) is 86.5 Å². The van der Waals surface area contributed by atoms with Crippen LogP contribution < -0.4 is 4.90 Å². The zero-order chi connectivity index (χ0) is 31.2. The first-order valence-corrected chi connectivity index (χ1v) is 15.5. The molecule has 0 atom stereocenters. The number of furan rings is 2. The standard InChI is InChI=1S/C39H35Cl2NO2/c1-7-10-26-22-36(43-25(26)3)28-19-29(37-23-27-11-8-9-12-35(27)44-37)21-32(20-28)42(34-18-24(2)17-33(40)38(34)41)31-15-13-30(14-16-31)39(4,5)6/h7-23H,1-6H3/b10-7-. The average Bonchev–Trinajstić information content (AvgIpc) is 3.59. The summed E-state index contributed by atoms with van der Waals surface area (Å²) in [6, 6.07) is 31.2. The Hall–Kier alpha value is -4.18. The molecule has 6 rings (SSSR count). The highest BCUT2D eigenvalue weighted by Crippen LogP contribution is 2.45. The Morgan fingerprint density at radius 3 is 2.07 bits per heavy atom. The van der Waals surface area contributed by atoms with Crippen LogP contribution in [0.1, 0.15) is 50.1 Å². The number of halogens is 2. The minimum atomic E-state index is 0.0177. The molecule has 5 heteroatoms. The molecule has 2 heterocycles. The molecule has 44 heavy (non-hydrogen) atoms. The van der Waals surface area contributed by atoms with Crippen LogP contribution >= 0.6 is 23.2 Å². The van der Waals surface area contributed by atoms with E-state index < -0.39 is 0 Å². The van der Waals surface area contributed by atoms with E-state index in [1.165, 1.54) is 5.56 Å². The Kier molecular flexibility index (Phi) is 7.96. The van der Waals surface area contributed by atoms with E-state index >= 15 is 0 Å². The van der Waals surface area contributed by atoms with Crippen molar-refractivity contribution in [2.24, 2.45) is 0 Å². The normalized spacial score (nSPS) is 12.0. The van der Waals surface area contributed by atoms with E-state index in [0.29, 0.717) is 10.0 Å². The highest BCUT2D eigenvalue weighted by Gasteiger charge is 2.22. The predicted molar refractivity (Wildman–Crippen MR) is 187 cm³/mol. The second-order valence-electron chi connectivity index (χ2n) is 12.3. The summed E-state index contributed by atoms with van der Waals surface area (Å²) >= 11 is 13.6. The summed E-state index contributed by atoms with van der Waals surface area (Å²) in [6.07, 6.45) is 4.08. The number of rotatable bonds is 6. The van der Waals surface area contributed by atoms with Gasteiger partial charge in [-0.05, 0) is 98.0 Å². The second kappa shape index (κ2) is 11.7. The van der Waals surface area contributed by atoms with Gasteiger partial charge in [0.05, 0.1) is 15.7 Å². The largest absolute Gasteiger partial charge is 0.461 e. The lowest BCUT2D eigenvalue weighted by molar-refractivity contribution is 0.547. The van der Waals surface area contributed by atoms with Crippen molar-refractivity contribution in [2.45, 2.75) is 47.0 Å². The lowest BCUT2D eigenvalue weighted by atomic mass is 9.87. The summed E-state index contributed by atoms with van der Waals surface area (Å²) < 4.78 is 12.7. The molecule has 0 aliphatic carbocycles. The van der Waals surface area contributed by atoms with Crippen molar-refractivity contribution >= 4 is 57.3 Å². The number of allylic oxidation sites excluding steroid dienone is 1. The van der Waals surface area contributed by atoms with Crippen molar-refractivity contribution in [3.63, 3.8) is 0 Å². The quantitative estimate of drug-likeness (QED) is 0.186. The van der Waals surface area contributed by atoms with Gasteiger partial charge in [0.25, 0.3) is 0 Å². The van der Waals surface area contributed by atoms with E-state index in [9.17, 15) is 0 Å². The molecule has 0 spiro atoms. The summed E-state index contributed by atoms with van der Waals surface area (Å²) in [6.45, 7) is 12.7. The monoisotopic (exact) mass is 619 g/mol. The zero-order valence-electron chi connectivity index (χ0n) is 25.8. The first-order chi connectivity index (χ1) is 21.0. The van der Waals surface area contributed by atoms with Gasteiger partial charge < -0.3 is 13.7 Å². The number of aryl methyl sites for hydroxylation is 2. The molecule has 0 aliphatic heterocycles. The number of anilines is 3. The Morgan fingerprint density at radius 1 is 0.727 bits per heavy atom. The smallest absolute Gasteiger partial charge is 0.135 e. The first kappa shape index (κ1) is 29.9. The van der Waals surface area contributed by atoms with Crippen LogP contribution in [0.25, 0.3) is 39.7 Å². The molecule has 0 aliphatic rings. The molecule has 3 nitrogen and oxygen atoms in total. The Labute approximate surface area is 269 Å². The van der Waals surface area contributed by atoms with Crippen molar-refractivity contribution in [3.05, 3.63) is 130 Å². The Balaban J connectivity index is 1.62. The molecule has 222 valence electrons. The van der Waals surface area contributed by atoms with Gasteiger partial charge in [0.1, 0.15) is 22.9 Å². The average molecular weight is 621 g/mol. The number of fused-ring (bicyclic) bond motifs is 1. The van der Waals surface area contributed by atoms with E-state index in [2.05, 4.69) is 98.5 Å². The molecule has 0 bridgehead atoms. The van der Waals surface area contributed by atoms with Gasteiger partial charge in [-0.2, -0.15) is 0 Å². The Morgan fingerprint density at radius 2 is 1.41 bits per heavy atom. The topological polar surface area (TPSA) is 29.5 Å². The van der Waals surface area contributed by atoms with E-state index in [-0.39, 0.29) is 5.41 Å². The van der Waals surface area contributed by atoms with E-state index in [1.807, 2.05) is 51.1 Å². The molecule has 0 amide bonds. The lowest BCUT2D eigenvalue weighted by Crippen LogP contribution is -2.14. The van der Waals surface area contributed by atoms with Gasteiger partial charge in [-0.15, -0.1) is 0 Å². The highest BCUT2D eigenvalue weighted by molar-refractivity contribution is 6.44. The lowest BCUT2D eigenvalue weighted by Gasteiger charge is -2.29. The van der Waals surface area contributed by atoms with E-state index in [4.69, 9.17) is 32.0 Å². The van der Waals surface area contributed by atoms with Gasteiger partial charge in [0.15, 0.2) is 0 Å². The number of hydrogen-bond acceptors (Lipinski definition) is 3. The molecule has 2 aromatic heterocycles. The third kappa shape index (κ3) is 5.83. The SMILES string of the molecule is C/C=C\c1cc(-c2cc(-c3cc4ccccc4o3)cc(N(c3ccc(C(C)(C)C)cc3)c3cc(C)cc(Cl)c3Cl)c2)oc1C. The molecule has 0 saturated carbocycles. The summed E-state index contributed by atoms with van der Waals surface area (Å²) in [5.74, 6) is 2.39. The fourth-order valence-corrected chi connectivity index (χ4v) is 6.00. The maximum absolute atomic E-state index is 6.97. The molecule has 0 N–H and O–H groups in total.